The van der Waals surface area contributed by atoms with Gasteiger partial charge < -0.3 is 10.8 Å². The number of rotatable bonds is 3. The predicted octanol–water partition coefficient (Wildman–Crippen LogP) is 0.927. The summed E-state index contributed by atoms with van der Waals surface area (Å²) in [4.78, 5) is 2.22. The number of hydrogen-bond donors (Lipinski definition) is 3. The number of β-amino-alcohol motifs (C(OH)–C–C–N with tert-alkyl or cyclic N) is 1. The van der Waals surface area contributed by atoms with Crippen molar-refractivity contribution in [3.05, 3.63) is 35.4 Å². The zero-order valence-electron chi connectivity index (χ0n) is 10.1. The van der Waals surface area contributed by atoms with E-state index in [0.717, 1.165) is 30.6 Å². The molecule has 17 heavy (non-hydrogen) atoms. The second-order valence-electron chi connectivity index (χ2n) is 5.07. The molecule has 1 aromatic rings. The highest BCUT2D eigenvalue weighted by atomic mass is 16.3. The number of likely N-dealkylation sites (tertiary alicyclic amines) is 1. The highest BCUT2D eigenvalue weighted by Crippen LogP contribution is 2.22. The Labute approximate surface area is 102 Å². The Morgan fingerprint density at radius 1 is 1.59 bits per heavy atom. The molecule has 1 fully saturated rings. The standard InChI is InChI=1S/C13H19N3O/c1-13(17)5-6-16(9-13)8-10-3-2-4-11(7-10)12(14)15/h2-4,7,17H,5-6,8-9H2,1H3,(H3,14,15). The van der Waals surface area contributed by atoms with Gasteiger partial charge in [0, 0.05) is 25.2 Å². The molecule has 92 valence electrons. The first-order chi connectivity index (χ1) is 7.96. The van der Waals surface area contributed by atoms with Crippen molar-refractivity contribution in [3.63, 3.8) is 0 Å². The molecule has 0 bridgehead atoms. The largest absolute Gasteiger partial charge is 0.389 e. The molecule has 1 saturated heterocycles. The van der Waals surface area contributed by atoms with Gasteiger partial charge in [0.1, 0.15) is 5.84 Å². The van der Waals surface area contributed by atoms with Gasteiger partial charge in [-0.05, 0) is 25.0 Å². The van der Waals surface area contributed by atoms with E-state index in [9.17, 15) is 5.11 Å². The second kappa shape index (κ2) is 4.47. The Morgan fingerprint density at radius 2 is 2.35 bits per heavy atom. The minimum absolute atomic E-state index is 0.0975. The fraction of sp³-hybridized carbons (Fsp3) is 0.462. The van der Waals surface area contributed by atoms with Crippen molar-refractivity contribution < 1.29 is 5.11 Å². The maximum Gasteiger partial charge on any atom is 0.122 e. The third-order valence-corrected chi connectivity index (χ3v) is 3.18. The Bertz CT molecular complexity index is 428. The summed E-state index contributed by atoms with van der Waals surface area (Å²) in [5.74, 6) is 0.0975. The minimum Gasteiger partial charge on any atom is -0.389 e. The smallest absolute Gasteiger partial charge is 0.122 e. The van der Waals surface area contributed by atoms with Gasteiger partial charge in [-0.15, -0.1) is 0 Å². The van der Waals surface area contributed by atoms with Crippen LogP contribution >= 0.6 is 0 Å². The topological polar surface area (TPSA) is 73.3 Å². The summed E-state index contributed by atoms with van der Waals surface area (Å²) in [6, 6.07) is 7.72. The zero-order valence-corrected chi connectivity index (χ0v) is 10.1. The Morgan fingerprint density at radius 3 is 2.94 bits per heavy atom. The van der Waals surface area contributed by atoms with E-state index in [0.29, 0.717) is 6.54 Å². The van der Waals surface area contributed by atoms with Crippen LogP contribution in [0.3, 0.4) is 0 Å². The lowest BCUT2D eigenvalue weighted by molar-refractivity contribution is 0.0679. The van der Waals surface area contributed by atoms with Gasteiger partial charge in [0.15, 0.2) is 0 Å². The van der Waals surface area contributed by atoms with E-state index in [1.807, 2.05) is 31.2 Å². The van der Waals surface area contributed by atoms with Gasteiger partial charge >= 0.3 is 0 Å². The van der Waals surface area contributed by atoms with Gasteiger partial charge in [-0.3, -0.25) is 10.3 Å². The first-order valence-electron chi connectivity index (χ1n) is 5.84. The number of nitrogens with zero attached hydrogens (tertiary/aromatic N) is 1. The summed E-state index contributed by atoms with van der Waals surface area (Å²) in [5, 5.41) is 17.3. The van der Waals surface area contributed by atoms with Crippen molar-refractivity contribution in [3.8, 4) is 0 Å². The maximum absolute atomic E-state index is 9.89. The third kappa shape index (κ3) is 3.05. The third-order valence-electron chi connectivity index (χ3n) is 3.18. The van der Waals surface area contributed by atoms with E-state index in [1.165, 1.54) is 0 Å². The lowest BCUT2D eigenvalue weighted by Crippen LogP contribution is -2.29. The molecular weight excluding hydrogens is 214 g/mol. The van der Waals surface area contributed by atoms with Gasteiger partial charge in [0.05, 0.1) is 5.60 Å². The molecule has 1 heterocycles. The molecule has 1 atom stereocenters. The van der Waals surface area contributed by atoms with Crippen LogP contribution in [0.1, 0.15) is 24.5 Å². The van der Waals surface area contributed by atoms with Crippen LogP contribution in [0.5, 0.6) is 0 Å². The number of nitrogen functional groups attached to an aromatic ring is 1. The molecular formula is C13H19N3O. The summed E-state index contributed by atoms with van der Waals surface area (Å²) >= 11 is 0. The van der Waals surface area contributed by atoms with Crippen molar-refractivity contribution in [2.75, 3.05) is 13.1 Å². The number of nitrogens with two attached hydrogens (primary N) is 1. The van der Waals surface area contributed by atoms with Gasteiger partial charge in [-0.25, -0.2) is 0 Å². The summed E-state index contributed by atoms with van der Waals surface area (Å²) in [5.41, 5.74) is 6.80. The van der Waals surface area contributed by atoms with Crippen LogP contribution in [0.2, 0.25) is 0 Å². The average Bonchev–Trinajstić information content (AvgIpc) is 2.58. The van der Waals surface area contributed by atoms with E-state index in [1.54, 1.807) is 0 Å². The van der Waals surface area contributed by atoms with Crippen LogP contribution in [0.25, 0.3) is 0 Å². The van der Waals surface area contributed by atoms with Gasteiger partial charge in [-0.2, -0.15) is 0 Å². The Hall–Kier alpha value is -1.39. The van der Waals surface area contributed by atoms with Crippen LogP contribution in [-0.2, 0) is 6.54 Å². The SMILES string of the molecule is CC1(O)CCN(Cc2cccc(C(=N)N)c2)C1. The maximum atomic E-state index is 9.89. The molecule has 4 nitrogen and oxygen atoms in total. The van der Waals surface area contributed by atoms with E-state index in [2.05, 4.69) is 4.90 Å². The molecule has 0 aromatic heterocycles. The van der Waals surface area contributed by atoms with Crippen molar-refractivity contribution in [1.82, 2.24) is 4.90 Å². The van der Waals surface area contributed by atoms with Crippen molar-refractivity contribution in [2.24, 2.45) is 5.73 Å². The normalized spacial score (nSPS) is 25.1. The molecule has 1 aliphatic rings. The quantitative estimate of drug-likeness (QED) is 0.537. The predicted molar refractivity (Wildman–Crippen MR) is 68.0 cm³/mol. The molecule has 0 radical (unpaired) electrons. The highest BCUT2D eigenvalue weighted by Gasteiger charge is 2.30. The summed E-state index contributed by atoms with van der Waals surface area (Å²) in [6.07, 6.45) is 0.819. The molecule has 1 aromatic carbocycles. The second-order valence-corrected chi connectivity index (χ2v) is 5.07. The number of aliphatic hydroxyl groups is 1. The minimum atomic E-state index is -0.557. The van der Waals surface area contributed by atoms with Gasteiger partial charge in [-0.1, -0.05) is 18.2 Å². The molecule has 0 aliphatic carbocycles. The number of amidine groups is 1. The molecule has 4 N–H and O–H groups in total. The lowest BCUT2D eigenvalue weighted by Gasteiger charge is -2.19. The lowest BCUT2D eigenvalue weighted by atomic mass is 10.1. The summed E-state index contributed by atoms with van der Waals surface area (Å²) < 4.78 is 0. The van der Waals surface area contributed by atoms with Crippen LogP contribution < -0.4 is 5.73 Å². The number of nitrogens with one attached hydrogen (secondary N) is 1. The molecule has 0 amide bonds. The fourth-order valence-corrected chi connectivity index (χ4v) is 2.27. The Kier molecular flexibility index (Phi) is 3.17. The first kappa shape index (κ1) is 12.1. The molecule has 4 heteroatoms. The van der Waals surface area contributed by atoms with Gasteiger partial charge in [0.25, 0.3) is 0 Å². The number of hydrogen-bond acceptors (Lipinski definition) is 3. The van der Waals surface area contributed by atoms with E-state index >= 15 is 0 Å². The number of benzene rings is 1. The summed E-state index contributed by atoms with van der Waals surface area (Å²) in [7, 11) is 0. The molecule has 1 unspecified atom stereocenters. The van der Waals surface area contributed by atoms with Crippen LogP contribution in [0.15, 0.2) is 24.3 Å². The summed E-state index contributed by atoms with van der Waals surface area (Å²) in [6.45, 7) is 4.30. The molecule has 2 rings (SSSR count). The highest BCUT2D eigenvalue weighted by molar-refractivity contribution is 5.95. The van der Waals surface area contributed by atoms with E-state index in [4.69, 9.17) is 11.1 Å². The van der Waals surface area contributed by atoms with Crippen LogP contribution in [-0.4, -0.2) is 34.5 Å². The zero-order chi connectivity index (χ0) is 12.5. The molecule has 0 saturated carbocycles. The first-order valence-corrected chi connectivity index (χ1v) is 5.84. The molecule has 0 spiro atoms. The van der Waals surface area contributed by atoms with Crippen molar-refractivity contribution in [2.45, 2.75) is 25.5 Å². The molecule has 1 aliphatic heterocycles. The van der Waals surface area contributed by atoms with E-state index < -0.39 is 5.60 Å². The fourth-order valence-electron chi connectivity index (χ4n) is 2.27. The Balaban J connectivity index is 2.04. The van der Waals surface area contributed by atoms with Crippen LogP contribution in [0, 0.1) is 5.41 Å². The van der Waals surface area contributed by atoms with Crippen molar-refractivity contribution in [1.29, 1.82) is 5.41 Å². The average molecular weight is 233 g/mol. The monoisotopic (exact) mass is 233 g/mol. The van der Waals surface area contributed by atoms with E-state index in [-0.39, 0.29) is 5.84 Å². The van der Waals surface area contributed by atoms with Crippen LogP contribution in [0.4, 0.5) is 0 Å². The van der Waals surface area contributed by atoms with Gasteiger partial charge in [0.2, 0.25) is 0 Å². The van der Waals surface area contributed by atoms with Crippen molar-refractivity contribution >= 4 is 5.84 Å².